The summed E-state index contributed by atoms with van der Waals surface area (Å²) in [6, 6.07) is 9.72. The van der Waals surface area contributed by atoms with Gasteiger partial charge in [0, 0.05) is 56.0 Å². The molecule has 0 radical (unpaired) electrons. The molecule has 2 aromatic rings. The van der Waals surface area contributed by atoms with Gasteiger partial charge in [0.05, 0.1) is 6.54 Å². The first-order chi connectivity index (χ1) is 13.4. The van der Waals surface area contributed by atoms with Crippen molar-refractivity contribution in [2.45, 2.75) is 19.5 Å². The number of amides is 1. The Morgan fingerprint density at radius 1 is 1.04 bits per heavy atom. The van der Waals surface area contributed by atoms with Gasteiger partial charge in [0.2, 0.25) is 5.91 Å². The predicted molar refractivity (Wildman–Crippen MR) is 101 cm³/mol. The van der Waals surface area contributed by atoms with Crippen molar-refractivity contribution in [1.82, 2.24) is 15.1 Å². The maximum Gasteiger partial charge on any atom is 0.236 e. The van der Waals surface area contributed by atoms with Gasteiger partial charge in [0.1, 0.15) is 17.5 Å². The number of carbonyl (C=O) groups excluding carboxylic acids is 1. The highest BCUT2D eigenvalue weighted by Gasteiger charge is 2.22. The van der Waals surface area contributed by atoms with E-state index in [0.717, 1.165) is 6.07 Å². The molecule has 1 saturated heterocycles. The van der Waals surface area contributed by atoms with Crippen LogP contribution in [0.15, 0.2) is 42.5 Å². The minimum atomic E-state index is -0.630. The minimum Gasteiger partial charge on any atom is -0.339 e. The van der Waals surface area contributed by atoms with Gasteiger partial charge in [0.25, 0.3) is 0 Å². The molecular weight excluding hydrogens is 367 g/mol. The summed E-state index contributed by atoms with van der Waals surface area (Å²) in [6.07, 6.45) is 0. The Bertz CT molecular complexity index is 822. The second-order valence-corrected chi connectivity index (χ2v) is 7.02. The Morgan fingerprint density at radius 3 is 2.43 bits per heavy atom. The molecule has 2 aromatic carbocycles. The van der Waals surface area contributed by atoms with Gasteiger partial charge in [-0.3, -0.25) is 9.69 Å². The third-order valence-electron chi connectivity index (χ3n) is 5.07. The third kappa shape index (κ3) is 5.11. The van der Waals surface area contributed by atoms with Gasteiger partial charge in [-0.1, -0.05) is 24.3 Å². The summed E-state index contributed by atoms with van der Waals surface area (Å²) in [5.74, 6) is -1.54. The molecule has 7 heteroatoms. The van der Waals surface area contributed by atoms with Crippen LogP contribution in [0.1, 0.15) is 24.1 Å². The average molecular weight is 391 g/mol. The number of benzene rings is 2. The summed E-state index contributed by atoms with van der Waals surface area (Å²) in [6.45, 7) is 4.79. The summed E-state index contributed by atoms with van der Waals surface area (Å²) >= 11 is 0. The second kappa shape index (κ2) is 9.21. The predicted octanol–water partition coefficient (Wildman–Crippen LogP) is 3.10. The van der Waals surface area contributed by atoms with Gasteiger partial charge >= 0.3 is 0 Å². The van der Waals surface area contributed by atoms with Crippen molar-refractivity contribution < 1.29 is 18.0 Å². The first kappa shape index (κ1) is 20.4. The maximum atomic E-state index is 13.8. The molecule has 150 valence electrons. The van der Waals surface area contributed by atoms with Crippen molar-refractivity contribution in [2.24, 2.45) is 0 Å². The molecule has 0 saturated carbocycles. The van der Waals surface area contributed by atoms with E-state index >= 15 is 0 Å². The van der Waals surface area contributed by atoms with Gasteiger partial charge in [-0.2, -0.15) is 0 Å². The van der Waals surface area contributed by atoms with Crippen LogP contribution in [-0.2, 0) is 11.3 Å². The van der Waals surface area contributed by atoms with E-state index < -0.39 is 17.7 Å². The molecule has 1 atom stereocenters. The molecule has 4 nitrogen and oxygen atoms in total. The van der Waals surface area contributed by atoms with Crippen LogP contribution in [0.2, 0.25) is 0 Å². The average Bonchev–Trinajstić information content (AvgIpc) is 2.68. The van der Waals surface area contributed by atoms with Crippen LogP contribution in [0, 0.1) is 17.5 Å². The van der Waals surface area contributed by atoms with E-state index in [4.69, 9.17) is 0 Å². The number of piperazine rings is 1. The van der Waals surface area contributed by atoms with Gasteiger partial charge in [-0.05, 0) is 19.1 Å². The highest BCUT2D eigenvalue weighted by atomic mass is 19.1. The summed E-state index contributed by atoms with van der Waals surface area (Å²) < 4.78 is 40.6. The van der Waals surface area contributed by atoms with Crippen LogP contribution in [0.4, 0.5) is 13.2 Å². The van der Waals surface area contributed by atoms with E-state index in [2.05, 4.69) is 10.2 Å². The Labute approximate surface area is 162 Å². The Kier molecular flexibility index (Phi) is 6.70. The monoisotopic (exact) mass is 391 g/mol. The summed E-state index contributed by atoms with van der Waals surface area (Å²) in [5, 5.41) is 3.00. The highest BCUT2D eigenvalue weighted by Crippen LogP contribution is 2.17. The van der Waals surface area contributed by atoms with Crippen LogP contribution in [0.25, 0.3) is 0 Å². The zero-order valence-corrected chi connectivity index (χ0v) is 15.8. The van der Waals surface area contributed by atoms with Gasteiger partial charge < -0.3 is 10.2 Å². The maximum absolute atomic E-state index is 13.8. The lowest BCUT2D eigenvalue weighted by molar-refractivity contribution is -0.132. The smallest absolute Gasteiger partial charge is 0.236 e. The normalized spacial score (nSPS) is 16.2. The van der Waals surface area contributed by atoms with Gasteiger partial charge in [-0.25, -0.2) is 13.2 Å². The molecule has 1 heterocycles. The molecule has 1 aliphatic rings. The zero-order chi connectivity index (χ0) is 20.1. The van der Waals surface area contributed by atoms with Crippen LogP contribution < -0.4 is 5.32 Å². The van der Waals surface area contributed by atoms with Crippen molar-refractivity contribution in [3.63, 3.8) is 0 Å². The first-order valence-electron chi connectivity index (χ1n) is 9.36. The summed E-state index contributed by atoms with van der Waals surface area (Å²) in [4.78, 5) is 16.3. The Balaban J connectivity index is 1.45. The van der Waals surface area contributed by atoms with E-state index in [1.807, 2.05) is 6.07 Å². The largest absolute Gasteiger partial charge is 0.339 e. The second-order valence-electron chi connectivity index (χ2n) is 7.02. The number of nitrogens with zero attached hydrogens (tertiary/aromatic N) is 2. The number of nitrogens with one attached hydrogen (secondary N) is 1. The lowest BCUT2D eigenvalue weighted by Gasteiger charge is -2.35. The molecule has 1 aliphatic heterocycles. The molecule has 1 N–H and O–H groups in total. The topological polar surface area (TPSA) is 35.6 Å². The van der Waals surface area contributed by atoms with E-state index in [1.165, 1.54) is 18.2 Å². The van der Waals surface area contributed by atoms with Crippen molar-refractivity contribution in [1.29, 1.82) is 0 Å². The highest BCUT2D eigenvalue weighted by molar-refractivity contribution is 5.78. The number of rotatable bonds is 6. The zero-order valence-electron chi connectivity index (χ0n) is 15.8. The molecule has 0 spiro atoms. The Morgan fingerprint density at radius 2 is 1.75 bits per heavy atom. The van der Waals surface area contributed by atoms with Crippen molar-refractivity contribution in [2.75, 3.05) is 32.7 Å². The first-order valence-corrected chi connectivity index (χ1v) is 9.36. The molecule has 28 heavy (non-hydrogen) atoms. The van der Waals surface area contributed by atoms with E-state index in [9.17, 15) is 18.0 Å². The van der Waals surface area contributed by atoms with Crippen molar-refractivity contribution in [3.8, 4) is 0 Å². The quantitative estimate of drug-likeness (QED) is 0.822. The molecule has 0 aromatic heterocycles. The molecular formula is C21H24F3N3O. The molecule has 3 rings (SSSR count). The van der Waals surface area contributed by atoms with E-state index in [0.29, 0.717) is 43.9 Å². The third-order valence-corrected chi connectivity index (χ3v) is 5.07. The number of hydrogen-bond donors (Lipinski definition) is 1. The Hall–Kier alpha value is -2.38. The fraction of sp³-hybridized carbons (Fsp3) is 0.381. The summed E-state index contributed by atoms with van der Waals surface area (Å²) in [5.41, 5.74) is 0.975. The van der Waals surface area contributed by atoms with Gasteiger partial charge in [-0.15, -0.1) is 0 Å². The fourth-order valence-electron chi connectivity index (χ4n) is 3.34. The standard InChI is InChI=1S/C21H24F3N3O/c1-15(18-7-6-17(22)12-20(18)24)25-13-21(28)27-10-8-26(9-11-27)14-16-4-2-3-5-19(16)23/h2-7,12,15,25H,8-11,13-14H2,1H3/t15-/m1/s1. The summed E-state index contributed by atoms with van der Waals surface area (Å²) in [7, 11) is 0. The fourth-order valence-corrected chi connectivity index (χ4v) is 3.34. The van der Waals surface area contributed by atoms with Crippen molar-refractivity contribution in [3.05, 3.63) is 71.0 Å². The molecule has 1 amide bonds. The lowest BCUT2D eigenvalue weighted by atomic mass is 10.1. The van der Waals surface area contributed by atoms with Crippen LogP contribution >= 0.6 is 0 Å². The molecule has 0 bridgehead atoms. The SMILES string of the molecule is C[C@@H](NCC(=O)N1CCN(Cc2ccccc2F)CC1)c1ccc(F)cc1F. The van der Waals surface area contributed by atoms with Gasteiger partial charge in [0.15, 0.2) is 0 Å². The van der Waals surface area contributed by atoms with Crippen LogP contribution in [-0.4, -0.2) is 48.4 Å². The van der Waals surface area contributed by atoms with Crippen LogP contribution in [0.3, 0.4) is 0 Å². The number of carbonyl (C=O) groups is 1. The lowest BCUT2D eigenvalue weighted by Crippen LogP contribution is -2.50. The number of halogens is 3. The molecule has 1 fully saturated rings. The number of hydrogen-bond acceptors (Lipinski definition) is 3. The van der Waals surface area contributed by atoms with Crippen LogP contribution in [0.5, 0.6) is 0 Å². The van der Waals surface area contributed by atoms with E-state index in [1.54, 1.807) is 24.0 Å². The van der Waals surface area contributed by atoms with Crippen molar-refractivity contribution >= 4 is 5.91 Å². The van der Waals surface area contributed by atoms with E-state index in [-0.39, 0.29) is 18.3 Å². The molecule has 0 unspecified atom stereocenters. The minimum absolute atomic E-state index is 0.0695. The molecule has 0 aliphatic carbocycles.